The van der Waals surface area contributed by atoms with Crippen molar-refractivity contribution in [2.24, 2.45) is 0 Å². The minimum Gasteiger partial charge on any atom is -0.330 e. The number of ketones is 1. The number of piperazine rings is 1. The van der Waals surface area contributed by atoms with Crippen LogP contribution in [0.25, 0.3) is 10.9 Å². The number of fused-ring (bicyclic) bond motifs is 1. The van der Waals surface area contributed by atoms with E-state index >= 15 is 0 Å². The summed E-state index contributed by atoms with van der Waals surface area (Å²) in [4.78, 5) is 45.3. The van der Waals surface area contributed by atoms with E-state index in [2.05, 4.69) is 32.1 Å². The van der Waals surface area contributed by atoms with Gasteiger partial charge in [-0.1, -0.05) is 53.6 Å². The van der Waals surface area contributed by atoms with E-state index in [0.717, 1.165) is 38.3 Å². The van der Waals surface area contributed by atoms with Crippen LogP contribution in [0, 0.1) is 18.3 Å². The van der Waals surface area contributed by atoms with Gasteiger partial charge in [0, 0.05) is 5.56 Å². The highest BCUT2D eigenvalue weighted by atomic mass is 35.5. The van der Waals surface area contributed by atoms with Crippen LogP contribution in [0.15, 0.2) is 59.5 Å². The molecule has 5 rings (SSSR count). The van der Waals surface area contributed by atoms with Gasteiger partial charge in [0.25, 0.3) is 5.56 Å². The van der Waals surface area contributed by atoms with E-state index in [0.29, 0.717) is 16.9 Å². The van der Waals surface area contributed by atoms with E-state index in [-0.39, 0.29) is 16.5 Å². The summed E-state index contributed by atoms with van der Waals surface area (Å²) < 4.78 is 0. The number of nitrogens with zero attached hydrogens (tertiary/aromatic N) is 5. The molecule has 2 aromatic carbocycles. The highest BCUT2D eigenvalue weighted by molar-refractivity contribution is 6.33. The van der Waals surface area contributed by atoms with Crippen molar-refractivity contribution < 1.29 is 9.69 Å². The number of halogens is 1. The first-order valence-corrected chi connectivity index (χ1v) is 12.4. The molecule has 186 valence electrons. The Morgan fingerprint density at radius 1 is 1.19 bits per heavy atom. The molecule has 37 heavy (non-hydrogen) atoms. The largest absolute Gasteiger partial charge is 0.330 e. The number of hydrogen-bond donors (Lipinski definition) is 2. The molecule has 2 N–H and O–H groups in total. The van der Waals surface area contributed by atoms with Crippen LogP contribution in [0.4, 0.5) is 5.95 Å². The van der Waals surface area contributed by atoms with Crippen LogP contribution >= 0.6 is 11.6 Å². The lowest BCUT2D eigenvalue weighted by atomic mass is 10.0. The number of Topliss-reactive ketones (excluding diaryl/α,β-unsaturated/α-hetero) is 1. The second kappa shape index (κ2) is 10.5. The molecule has 3 heterocycles. The van der Waals surface area contributed by atoms with Crippen LogP contribution in [-0.2, 0) is 6.54 Å². The maximum Gasteiger partial charge on any atom is 0.258 e. The molecule has 1 atom stereocenters. The van der Waals surface area contributed by atoms with Crippen molar-refractivity contribution in [2.75, 3.05) is 31.1 Å². The number of anilines is 1. The molecule has 0 saturated carbocycles. The van der Waals surface area contributed by atoms with Crippen LogP contribution in [0.1, 0.15) is 33.4 Å². The van der Waals surface area contributed by atoms with Crippen molar-refractivity contribution in [1.82, 2.24) is 19.9 Å². The van der Waals surface area contributed by atoms with E-state index in [4.69, 9.17) is 11.6 Å². The van der Waals surface area contributed by atoms with Crippen molar-refractivity contribution in [1.29, 1.82) is 5.26 Å². The quantitative estimate of drug-likeness (QED) is 0.378. The molecule has 1 aliphatic rings. The first-order valence-electron chi connectivity index (χ1n) is 12.0. The molecule has 0 radical (unpaired) electrons. The molecule has 0 spiro atoms. The molecule has 10 heteroatoms. The zero-order valence-corrected chi connectivity index (χ0v) is 21.0. The Morgan fingerprint density at radius 3 is 2.68 bits per heavy atom. The number of carbonyl (C=O) groups is 1. The van der Waals surface area contributed by atoms with E-state index in [1.54, 1.807) is 12.1 Å². The van der Waals surface area contributed by atoms with Crippen molar-refractivity contribution in [3.05, 3.63) is 92.7 Å². The Kier molecular flexibility index (Phi) is 6.95. The number of benzene rings is 2. The first-order chi connectivity index (χ1) is 17.9. The number of hydrogen-bond acceptors (Lipinski definition) is 7. The number of quaternary nitrogens is 1. The number of nitriles is 1. The van der Waals surface area contributed by atoms with Crippen molar-refractivity contribution in [2.45, 2.75) is 19.4 Å². The summed E-state index contributed by atoms with van der Waals surface area (Å²) in [5, 5.41) is 10.3. The summed E-state index contributed by atoms with van der Waals surface area (Å²) in [7, 11) is 0. The molecule has 0 unspecified atom stereocenters. The minimum atomic E-state index is -1.37. The van der Waals surface area contributed by atoms with Crippen LogP contribution in [0.5, 0.6) is 0 Å². The third kappa shape index (κ3) is 5.21. The summed E-state index contributed by atoms with van der Waals surface area (Å²) in [5.41, 5.74) is 2.12. The topological polar surface area (TPSA) is 120 Å². The number of nitrogens with one attached hydrogen (secondary N) is 2. The van der Waals surface area contributed by atoms with Gasteiger partial charge in [-0.15, -0.1) is 0 Å². The lowest BCUT2D eigenvalue weighted by Gasteiger charge is -2.32. The molecule has 1 fully saturated rings. The number of carbonyl (C=O) groups excluding carboxylic acids is 1. The first kappa shape index (κ1) is 24.6. The molecule has 2 aromatic heterocycles. The van der Waals surface area contributed by atoms with Gasteiger partial charge in [-0.2, -0.15) is 5.26 Å². The van der Waals surface area contributed by atoms with Crippen LogP contribution in [0.3, 0.4) is 0 Å². The number of aryl methyl sites for hydroxylation is 1. The maximum atomic E-state index is 13.4. The van der Waals surface area contributed by atoms with Crippen LogP contribution < -0.4 is 15.4 Å². The second-order valence-electron chi connectivity index (χ2n) is 9.16. The molecular formula is C27H25ClN7O2+. The number of rotatable bonds is 6. The summed E-state index contributed by atoms with van der Waals surface area (Å²) in [6.07, 6.45) is 1.38. The predicted octanol–water partition coefficient (Wildman–Crippen LogP) is 2.07. The maximum absolute atomic E-state index is 13.4. The van der Waals surface area contributed by atoms with Crippen molar-refractivity contribution in [3.8, 4) is 6.07 Å². The van der Waals surface area contributed by atoms with Gasteiger partial charge < -0.3 is 14.8 Å². The Balaban J connectivity index is 1.36. The molecule has 9 nitrogen and oxygen atoms in total. The smallest absolute Gasteiger partial charge is 0.258 e. The SMILES string of the molecule is Cc1ccc2nc([C@H](C#N)C(=O)c3nc(N4CC[NH+](Cc5ccccc5)CC4)ncc3Cl)[nH]c(=O)c2c1. The Morgan fingerprint density at radius 2 is 1.95 bits per heavy atom. The zero-order chi connectivity index (χ0) is 25.9. The highest BCUT2D eigenvalue weighted by Gasteiger charge is 2.30. The summed E-state index contributed by atoms with van der Waals surface area (Å²) >= 11 is 6.31. The molecule has 1 saturated heterocycles. The standard InChI is InChI=1S/C27H24ClN7O2/c1-17-7-8-22-19(13-17)26(37)33-25(31-22)20(14-29)24(36)23-21(28)15-30-27(32-23)35-11-9-34(10-12-35)16-18-5-3-2-4-6-18/h2-8,13,15,20H,9-12,16H2,1H3,(H,31,33,37)/p+1/t20-/m1/s1. The summed E-state index contributed by atoms with van der Waals surface area (Å²) in [6, 6.07) is 17.5. The fourth-order valence-corrected chi connectivity index (χ4v) is 4.74. The third-order valence-corrected chi connectivity index (χ3v) is 6.84. The molecule has 0 aliphatic carbocycles. The fraction of sp³-hybridized carbons (Fsp3) is 0.259. The van der Waals surface area contributed by atoms with E-state index in [9.17, 15) is 14.9 Å². The lowest BCUT2D eigenvalue weighted by Crippen LogP contribution is -3.13. The van der Waals surface area contributed by atoms with E-state index in [1.807, 2.05) is 42.2 Å². The Hall–Kier alpha value is -4.13. The third-order valence-electron chi connectivity index (χ3n) is 6.56. The second-order valence-corrected chi connectivity index (χ2v) is 9.57. The van der Waals surface area contributed by atoms with Crippen molar-refractivity contribution in [3.63, 3.8) is 0 Å². The lowest BCUT2D eigenvalue weighted by molar-refractivity contribution is -0.914. The highest BCUT2D eigenvalue weighted by Crippen LogP contribution is 2.24. The Labute approximate surface area is 218 Å². The number of H-pyrrole nitrogens is 1. The minimum absolute atomic E-state index is 0.0387. The van der Waals surface area contributed by atoms with Gasteiger partial charge in [-0.3, -0.25) is 9.59 Å². The van der Waals surface area contributed by atoms with Crippen LogP contribution in [0.2, 0.25) is 5.02 Å². The molecule has 0 bridgehead atoms. The summed E-state index contributed by atoms with van der Waals surface area (Å²) in [6.45, 7) is 6.05. The van der Waals surface area contributed by atoms with Crippen LogP contribution in [-0.4, -0.2) is 51.9 Å². The van der Waals surface area contributed by atoms with Gasteiger partial charge in [0.1, 0.15) is 18.1 Å². The molecular weight excluding hydrogens is 490 g/mol. The van der Waals surface area contributed by atoms with Gasteiger partial charge in [0.2, 0.25) is 11.7 Å². The van der Waals surface area contributed by atoms with Crippen molar-refractivity contribution >= 4 is 34.2 Å². The molecule has 4 aromatic rings. The van der Waals surface area contributed by atoms with Gasteiger partial charge in [-0.25, -0.2) is 15.0 Å². The zero-order valence-electron chi connectivity index (χ0n) is 20.2. The van der Waals surface area contributed by atoms with E-state index < -0.39 is 17.3 Å². The molecule has 1 aliphatic heterocycles. The number of aromatic nitrogens is 4. The predicted molar refractivity (Wildman–Crippen MR) is 140 cm³/mol. The number of aromatic amines is 1. The normalized spacial score (nSPS) is 14.9. The molecule has 0 amide bonds. The van der Waals surface area contributed by atoms with E-state index in [1.165, 1.54) is 16.7 Å². The average Bonchev–Trinajstić information content (AvgIpc) is 2.91. The van der Waals surface area contributed by atoms with Gasteiger partial charge in [0.15, 0.2) is 5.92 Å². The van der Waals surface area contributed by atoms with Gasteiger partial charge in [0.05, 0.1) is 54.4 Å². The Bertz CT molecular complexity index is 1560. The van der Waals surface area contributed by atoms with Gasteiger partial charge in [-0.05, 0) is 19.1 Å². The van der Waals surface area contributed by atoms with Gasteiger partial charge >= 0.3 is 0 Å². The monoisotopic (exact) mass is 514 g/mol. The average molecular weight is 515 g/mol. The summed E-state index contributed by atoms with van der Waals surface area (Å²) in [5.74, 6) is -1.66. The fourth-order valence-electron chi connectivity index (χ4n) is 4.56.